The second-order valence-corrected chi connectivity index (χ2v) is 6.33. The SMILES string of the molecule is CCOC(=O)c1ccccc1NC(=O)N1CCCN(C(=O)c2nonc2N)CC1. The molecule has 3 N–H and O–H groups in total. The fourth-order valence-corrected chi connectivity index (χ4v) is 2.99. The van der Waals surface area contributed by atoms with E-state index in [1.165, 1.54) is 0 Å². The highest BCUT2D eigenvalue weighted by atomic mass is 16.6. The summed E-state index contributed by atoms with van der Waals surface area (Å²) in [6, 6.07) is 6.28. The fourth-order valence-electron chi connectivity index (χ4n) is 2.99. The summed E-state index contributed by atoms with van der Waals surface area (Å²) in [5.41, 5.74) is 6.20. The number of nitrogens with zero attached hydrogens (tertiary/aromatic N) is 4. The predicted octanol–water partition coefficient (Wildman–Crippen LogP) is 1.21. The molecule has 2 aromatic rings. The van der Waals surface area contributed by atoms with Crippen LogP contribution in [-0.2, 0) is 4.74 Å². The van der Waals surface area contributed by atoms with Crippen LogP contribution in [0.2, 0.25) is 0 Å². The summed E-state index contributed by atoms with van der Waals surface area (Å²) in [7, 11) is 0. The van der Waals surface area contributed by atoms with Crippen molar-refractivity contribution in [3.05, 3.63) is 35.5 Å². The number of nitrogen functional groups attached to an aromatic ring is 1. The van der Waals surface area contributed by atoms with Crippen molar-refractivity contribution in [1.82, 2.24) is 20.1 Å². The van der Waals surface area contributed by atoms with Gasteiger partial charge in [-0.15, -0.1) is 0 Å². The van der Waals surface area contributed by atoms with Crippen LogP contribution in [0.1, 0.15) is 34.2 Å². The van der Waals surface area contributed by atoms with E-state index in [-0.39, 0.29) is 29.7 Å². The Balaban J connectivity index is 1.64. The molecule has 3 rings (SSSR count). The minimum absolute atomic E-state index is 0.0359. The summed E-state index contributed by atoms with van der Waals surface area (Å²) in [5.74, 6) is -0.960. The van der Waals surface area contributed by atoms with E-state index < -0.39 is 11.9 Å². The van der Waals surface area contributed by atoms with Gasteiger partial charge < -0.3 is 25.6 Å². The normalized spacial score (nSPS) is 14.2. The Morgan fingerprint density at radius 2 is 1.86 bits per heavy atom. The molecule has 0 unspecified atom stereocenters. The Bertz CT molecular complexity index is 898. The third-order valence-corrected chi connectivity index (χ3v) is 4.45. The van der Waals surface area contributed by atoms with Gasteiger partial charge in [0.15, 0.2) is 0 Å². The Morgan fingerprint density at radius 1 is 1.14 bits per heavy atom. The number of ether oxygens (including phenoxy) is 1. The maximum atomic E-state index is 12.7. The summed E-state index contributed by atoms with van der Waals surface area (Å²) < 4.78 is 9.50. The summed E-state index contributed by atoms with van der Waals surface area (Å²) in [6.45, 7) is 3.45. The van der Waals surface area contributed by atoms with Gasteiger partial charge in [0, 0.05) is 26.2 Å². The van der Waals surface area contributed by atoms with Crippen molar-refractivity contribution in [2.75, 3.05) is 43.8 Å². The third kappa shape index (κ3) is 4.62. The standard InChI is InChI=1S/C18H22N6O5/c1-2-28-17(26)12-6-3-4-7-13(12)20-18(27)24-9-5-8-23(10-11-24)16(25)14-15(19)22-29-21-14/h3-4,6-7H,2,5,8-11H2,1H3,(H2,19,22)(H,20,27). The molecule has 3 amide bonds. The molecule has 11 nitrogen and oxygen atoms in total. The molecule has 29 heavy (non-hydrogen) atoms. The number of hydrogen-bond acceptors (Lipinski definition) is 8. The number of carbonyl (C=O) groups excluding carboxylic acids is 3. The van der Waals surface area contributed by atoms with Crippen LogP contribution in [0, 0.1) is 0 Å². The summed E-state index contributed by atoms with van der Waals surface area (Å²) in [5, 5.41) is 9.70. The number of hydrogen-bond donors (Lipinski definition) is 2. The van der Waals surface area contributed by atoms with E-state index in [1.807, 2.05) is 0 Å². The van der Waals surface area contributed by atoms with Crippen molar-refractivity contribution in [2.24, 2.45) is 0 Å². The highest BCUT2D eigenvalue weighted by molar-refractivity contribution is 6.01. The summed E-state index contributed by atoms with van der Waals surface area (Å²) in [4.78, 5) is 40.4. The zero-order chi connectivity index (χ0) is 20.8. The van der Waals surface area contributed by atoms with E-state index in [2.05, 4.69) is 20.3 Å². The monoisotopic (exact) mass is 402 g/mol. The van der Waals surface area contributed by atoms with Crippen LogP contribution in [0.5, 0.6) is 0 Å². The highest BCUT2D eigenvalue weighted by Gasteiger charge is 2.27. The van der Waals surface area contributed by atoms with Crippen molar-refractivity contribution in [1.29, 1.82) is 0 Å². The minimum atomic E-state index is -0.505. The third-order valence-electron chi connectivity index (χ3n) is 4.45. The quantitative estimate of drug-likeness (QED) is 0.726. The highest BCUT2D eigenvalue weighted by Crippen LogP contribution is 2.18. The van der Waals surface area contributed by atoms with Crippen molar-refractivity contribution < 1.29 is 23.7 Å². The van der Waals surface area contributed by atoms with Gasteiger partial charge in [-0.25, -0.2) is 14.2 Å². The van der Waals surface area contributed by atoms with Crippen molar-refractivity contribution in [3.8, 4) is 0 Å². The lowest BCUT2D eigenvalue weighted by molar-refractivity contribution is 0.0527. The molecule has 1 saturated heterocycles. The lowest BCUT2D eigenvalue weighted by atomic mass is 10.2. The number of amides is 3. The fraction of sp³-hybridized carbons (Fsp3) is 0.389. The molecule has 1 aromatic heterocycles. The van der Waals surface area contributed by atoms with Crippen LogP contribution in [0.4, 0.5) is 16.3 Å². The number of nitrogens with one attached hydrogen (secondary N) is 1. The molecule has 0 aliphatic carbocycles. The molecule has 1 aliphatic heterocycles. The van der Waals surface area contributed by atoms with Crippen molar-refractivity contribution in [2.45, 2.75) is 13.3 Å². The molecule has 0 atom stereocenters. The molecule has 0 spiro atoms. The second kappa shape index (κ2) is 9.04. The van der Waals surface area contributed by atoms with Crippen LogP contribution < -0.4 is 11.1 Å². The average Bonchev–Trinajstić information content (AvgIpc) is 2.99. The number of urea groups is 1. The number of nitrogens with two attached hydrogens (primary N) is 1. The van der Waals surface area contributed by atoms with Crippen molar-refractivity contribution >= 4 is 29.4 Å². The van der Waals surface area contributed by atoms with Crippen LogP contribution in [-0.4, -0.2) is 70.8 Å². The number of anilines is 2. The minimum Gasteiger partial charge on any atom is -0.462 e. The van der Waals surface area contributed by atoms with E-state index in [0.29, 0.717) is 38.3 Å². The van der Waals surface area contributed by atoms with E-state index in [0.717, 1.165) is 0 Å². The summed E-state index contributed by atoms with van der Waals surface area (Å²) in [6.07, 6.45) is 0.573. The molecular formula is C18H22N6O5. The van der Waals surface area contributed by atoms with E-state index in [1.54, 1.807) is 41.0 Å². The molecule has 0 saturated carbocycles. The maximum Gasteiger partial charge on any atom is 0.340 e. The zero-order valence-electron chi connectivity index (χ0n) is 16.0. The molecule has 0 radical (unpaired) electrons. The van der Waals surface area contributed by atoms with Crippen LogP contribution in [0.25, 0.3) is 0 Å². The summed E-state index contributed by atoms with van der Waals surface area (Å²) >= 11 is 0. The molecule has 0 bridgehead atoms. The predicted molar refractivity (Wildman–Crippen MR) is 102 cm³/mol. The molecule has 11 heteroatoms. The Kier molecular flexibility index (Phi) is 6.27. The van der Waals surface area contributed by atoms with Gasteiger partial charge in [0.05, 0.1) is 17.9 Å². The topological polar surface area (TPSA) is 144 Å². The average molecular weight is 402 g/mol. The second-order valence-electron chi connectivity index (χ2n) is 6.33. The van der Waals surface area contributed by atoms with Gasteiger partial charge in [-0.05, 0) is 35.8 Å². The first-order chi connectivity index (χ1) is 14.0. The van der Waals surface area contributed by atoms with E-state index in [9.17, 15) is 14.4 Å². The van der Waals surface area contributed by atoms with Gasteiger partial charge in [0.2, 0.25) is 11.5 Å². The van der Waals surface area contributed by atoms with Gasteiger partial charge in [-0.2, -0.15) is 0 Å². The van der Waals surface area contributed by atoms with Gasteiger partial charge in [-0.1, -0.05) is 12.1 Å². The molecular weight excluding hydrogens is 380 g/mol. The lowest BCUT2D eigenvalue weighted by Crippen LogP contribution is -2.39. The first kappa shape index (κ1) is 20.1. The largest absolute Gasteiger partial charge is 0.462 e. The van der Waals surface area contributed by atoms with Crippen LogP contribution >= 0.6 is 0 Å². The van der Waals surface area contributed by atoms with E-state index >= 15 is 0 Å². The number of aromatic nitrogens is 2. The first-order valence-electron chi connectivity index (χ1n) is 9.20. The first-order valence-corrected chi connectivity index (χ1v) is 9.20. The van der Waals surface area contributed by atoms with Crippen LogP contribution in [0.15, 0.2) is 28.9 Å². The zero-order valence-corrected chi connectivity index (χ0v) is 16.0. The van der Waals surface area contributed by atoms with Crippen LogP contribution in [0.3, 0.4) is 0 Å². The van der Waals surface area contributed by atoms with Gasteiger partial charge >= 0.3 is 12.0 Å². The smallest absolute Gasteiger partial charge is 0.340 e. The Morgan fingerprint density at radius 3 is 2.59 bits per heavy atom. The Hall–Kier alpha value is -3.63. The van der Waals surface area contributed by atoms with E-state index in [4.69, 9.17) is 10.5 Å². The molecule has 154 valence electrons. The number of para-hydroxylation sites is 1. The number of rotatable bonds is 4. The molecule has 1 aromatic carbocycles. The molecule has 1 fully saturated rings. The molecule has 2 heterocycles. The van der Waals surface area contributed by atoms with Gasteiger partial charge in [0.1, 0.15) is 0 Å². The number of carbonyl (C=O) groups is 3. The van der Waals surface area contributed by atoms with Gasteiger partial charge in [-0.3, -0.25) is 4.79 Å². The van der Waals surface area contributed by atoms with Crippen molar-refractivity contribution in [3.63, 3.8) is 0 Å². The maximum absolute atomic E-state index is 12.7. The molecule has 1 aliphatic rings. The lowest BCUT2D eigenvalue weighted by Gasteiger charge is -2.22. The Labute approximate surface area is 166 Å². The number of benzene rings is 1. The van der Waals surface area contributed by atoms with Gasteiger partial charge in [0.25, 0.3) is 5.91 Å². The number of esters is 1.